The third-order valence-electron chi connectivity index (χ3n) is 6.65. The number of hydrogen-bond acceptors (Lipinski definition) is 9. The summed E-state index contributed by atoms with van der Waals surface area (Å²) in [7, 11) is 3.15. The molecule has 0 bridgehead atoms. The Bertz CT molecular complexity index is 1190. The van der Waals surface area contributed by atoms with Gasteiger partial charge in [-0.15, -0.1) is 0 Å². The summed E-state index contributed by atoms with van der Waals surface area (Å²) in [6.07, 6.45) is 5.01. The number of hydrazone groups is 1. The van der Waals surface area contributed by atoms with Crippen LogP contribution in [-0.4, -0.2) is 53.2 Å². The molecule has 1 saturated heterocycles. The molecule has 2 aromatic rings. The maximum absolute atomic E-state index is 12.7. The fourth-order valence-electron chi connectivity index (χ4n) is 4.58. The van der Waals surface area contributed by atoms with E-state index >= 15 is 0 Å². The van der Waals surface area contributed by atoms with Crippen LogP contribution >= 0.6 is 11.8 Å². The smallest absolute Gasteiger partial charge is 0.234 e. The van der Waals surface area contributed by atoms with Gasteiger partial charge in [0.15, 0.2) is 5.17 Å². The van der Waals surface area contributed by atoms with Crippen LogP contribution < -0.4 is 25.6 Å². The van der Waals surface area contributed by atoms with E-state index in [1.165, 1.54) is 28.5 Å². The highest BCUT2D eigenvalue weighted by Crippen LogP contribution is 2.35. The Morgan fingerprint density at radius 2 is 2.00 bits per heavy atom. The van der Waals surface area contributed by atoms with Gasteiger partial charge >= 0.3 is 0 Å². The van der Waals surface area contributed by atoms with Gasteiger partial charge in [-0.2, -0.15) is 5.10 Å². The summed E-state index contributed by atoms with van der Waals surface area (Å²) in [5, 5.41) is 10.4. The highest BCUT2D eigenvalue weighted by atomic mass is 32.2. The number of carbonyl (C=O) groups excluding carboxylic acids is 1. The molecule has 3 atom stereocenters. The van der Waals surface area contributed by atoms with E-state index in [4.69, 9.17) is 9.47 Å². The van der Waals surface area contributed by atoms with Crippen molar-refractivity contribution in [2.75, 3.05) is 25.3 Å². The van der Waals surface area contributed by atoms with E-state index in [0.29, 0.717) is 17.2 Å². The van der Waals surface area contributed by atoms with Gasteiger partial charge in [0.25, 0.3) is 0 Å². The summed E-state index contributed by atoms with van der Waals surface area (Å²) in [5.74, 6) is 1.30. The highest BCUT2D eigenvalue weighted by Gasteiger charge is 2.44. The number of fused-ring (bicyclic) bond motifs is 3. The number of amidine groups is 1. The molecule has 1 amide bonds. The molecule has 1 fully saturated rings. The number of nitrogens with zero attached hydrogens (tertiary/aromatic N) is 3. The summed E-state index contributed by atoms with van der Waals surface area (Å²) < 4.78 is 10.6. The monoisotopic (exact) mass is 494 g/mol. The maximum atomic E-state index is 12.7. The number of aryl methyl sites for hydroxylation is 2. The second-order valence-corrected chi connectivity index (χ2v) is 9.75. The van der Waals surface area contributed by atoms with Crippen molar-refractivity contribution in [2.45, 2.75) is 38.5 Å². The first kappa shape index (κ1) is 23.4. The van der Waals surface area contributed by atoms with Crippen LogP contribution in [0.5, 0.6) is 11.5 Å². The molecular weight excluding hydrogens is 464 g/mol. The van der Waals surface area contributed by atoms with E-state index in [0.717, 1.165) is 11.6 Å². The minimum atomic E-state index is -0.146. The topological polar surface area (TPSA) is 90.5 Å². The molecule has 0 saturated carbocycles. The Morgan fingerprint density at radius 3 is 2.77 bits per heavy atom. The molecule has 3 aliphatic heterocycles. The Labute approximate surface area is 209 Å². The predicted molar refractivity (Wildman–Crippen MR) is 138 cm³/mol. The molecular formula is C25H30N6O3S. The highest BCUT2D eigenvalue weighted by molar-refractivity contribution is 8.14. The molecule has 0 aliphatic carbocycles. The molecule has 0 spiro atoms. The van der Waals surface area contributed by atoms with Crippen LogP contribution in [0.15, 0.2) is 53.9 Å². The molecule has 0 radical (unpaired) electrons. The number of ether oxygens (including phenoxy) is 2. The van der Waals surface area contributed by atoms with Gasteiger partial charge in [0.05, 0.1) is 37.7 Å². The lowest BCUT2D eigenvalue weighted by Crippen LogP contribution is -2.54. The zero-order valence-electron chi connectivity index (χ0n) is 20.2. The van der Waals surface area contributed by atoms with Crippen molar-refractivity contribution in [3.05, 3.63) is 65.5 Å². The van der Waals surface area contributed by atoms with E-state index in [1.54, 1.807) is 32.4 Å². The average molecular weight is 495 g/mol. The van der Waals surface area contributed by atoms with Gasteiger partial charge in [-0.3, -0.25) is 10.2 Å². The molecule has 10 heteroatoms. The van der Waals surface area contributed by atoms with Crippen LogP contribution in [0.3, 0.4) is 0 Å². The largest absolute Gasteiger partial charge is 0.497 e. The number of benzene rings is 2. The van der Waals surface area contributed by atoms with Gasteiger partial charge in [-0.05, 0) is 49.1 Å². The van der Waals surface area contributed by atoms with Crippen molar-refractivity contribution in [3.63, 3.8) is 0 Å². The van der Waals surface area contributed by atoms with Crippen molar-refractivity contribution in [1.29, 1.82) is 0 Å². The number of hydrazine groups is 1. The molecule has 9 nitrogen and oxygen atoms in total. The molecule has 3 heterocycles. The Hall–Kier alpha value is -3.37. The summed E-state index contributed by atoms with van der Waals surface area (Å²) in [5.41, 5.74) is 11.4. The number of hydrogen-bond donors (Lipinski definition) is 3. The third-order valence-corrected chi connectivity index (χ3v) is 7.62. The van der Waals surface area contributed by atoms with Crippen molar-refractivity contribution in [1.82, 2.24) is 20.8 Å². The second-order valence-electron chi connectivity index (χ2n) is 8.81. The van der Waals surface area contributed by atoms with Crippen molar-refractivity contribution in [2.24, 2.45) is 5.10 Å². The van der Waals surface area contributed by atoms with Gasteiger partial charge in [0.1, 0.15) is 17.7 Å². The molecule has 3 N–H and O–H groups in total. The lowest BCUT2D eigenvalue weighted by atomic mass is 9.97. The summed E-state index contributed by atoms with van der Waals surface area (Å²) in [6, 6.07) is 12.4. The number of carbonyl (C=O) groups is 1. The molecule has 3 unspecified atom stereocenters. The number of nitrogens with one attached hydrogen (secondary N) is 3. The molecule has 184 valence electrons. The van der Waals surface area contributed by atoms with Crippen LogP contribution in [0.25, 0.3) is 0 Å². The van der Waals surface area contributed by atoms with Crippen LogP contribution in [0.1, 0.15) is 29.2 Å². The molecule has 2 aromatic carbocycles. The Morgan fingerprint density at radius 1 is 1.14 bits per heavy atom. The first-order valence-corrected chi connectivity index (χ1v) is 12.5. The number of anilines is 1. The Kier molecular flexibility index (Phi) is 6.48. The van der Waals surface area contributed by atoms with E-state index in [2.05, 4.69) is 63.2 Å². The number of rotatable bonds is 6. The van der Waals surface area contributed by atoms with Crippen LogP contribution in [-0.2, 0) is 4.79 Å². The summed E-state index contributed by atoms with van der Waals surface area (Å²) >= 11 is 1.39. The van der Waals surface area contributed by atoms with E-state index in [1.807, 2.05) is 12.4 Å². The quantitative estimate of drug-likeness (QED) is 0.564. The number of thioether (sulfide) groups is 1. The van der Waals surface area contributed by atoms with Crippen LogP contribution in [0.4, 0.5) is 5.69 Å². The molecule has 5 rings (SSSR count). The number of methoxy groups -OCH3 is 2. The minimum absolute atomic E-state index is 0.00749. The first-order valence-electron chi connectivity index (χ1n) is 11.5. The first-order chi connectivity index (χ1) is 17.0. The lowest BCUT2D eigenvalue weighted by molar-refractivity contribution is -0.113. The fraction of sp³-hybridized carbons (Fsp3) is 0.360. The fourth-order valence-corrected chi connectivity index (χ4v) is 5.35. The van der Waals surface area contributed by atoms with E-state index < -0.39 is 0 Å². The van der Waals surface area contributed by atoms with Crippen molar-refractivity contribution in [3.8, 4) is 11.5 Å². The third kappa shape index (κ3) is 4.63. The van der Waals surface area contributed by atoms with Gasteiger partial charge in [0, 0.05) is 18.5 Å². The summed E-state index contributed by atoms with van der Waals surface area (Å²) in [6.45, 7) is 4.29. The number of amides is 1. The lowest BCUT2D eigenvalue weighted by Gasteiger charge is -2.36. The zero-order valence-corrected chi connectivity index (χ0v) is 21.1. The van der Waals surface area contributed by atoms with Gasteiger partial charge in [-0.1, -0.05) is 30.0 Å². The Balaban J connectivity index is 1.19. The van der Waals surface area contributed by atoms with Gasteiger partial charge < -0.3 is 24.7 Å². The van der Waals surface area contributed by atoms with E-state index in [9.17, 15) is 4.79 Å². The predicted octanol–water partition coefficient (Wildman–Crippen LogP) is 3.30. The van der Waals surface area contributed by atoms with Crippen molar-refractivity contribution >= 4 is 28.5 Å². The van der Waals surface area contributed by atoms with Gasteiger partial charge in [0.2, 0.25) is 5.91 Å². The van der Waals surface area contributed by atoms with Crippen molar-refractivity contribution < 1.29 is 14.3 Å². The molecule has 0 aromatic heterocycles. The minimum Gasteiger partial charge on any atom is -0.497 e. The normalized spacial score (nSPS) is 22.3. The summed E-state index contributed by atoms with van der Waals surface area (Å²) in [4.78, 5) is 14.8. The molecule has 3 aliphatic rings. The van der Waals surface area contributed by atoms with Gasteiger partial charge in [-0.25, -0.2) is 5.43 Å². The standard InChI is InChI=1S/C25H30N6O3S/c1-15-5-6-17(11-16(15)2)19-13-21-24-27-28-25(30(24)9-10-31(21)29-19)35-14-23(32)26-20-12-18(33-3)7-8-22(20)34-4/h5-12,19,21,24,27,29H,13-14H2,1-4H3,(H,26,32). The maximum Gasteiger partial charge on any atom is 0.234 e. The second kappa shape index (κ2) is 9.71. The van der Waals surface area contributed by atoms with Crippen LogP contribution in [0.2, 0.25) is 0 Å². The SMILES string of the molecule is COc1ccc(OC)c(NC(=O)CSC2=NNC3C4CC(c5ccc(C)c(C)c5)NN4C=CN23)c1. The average Bonchev–Trinajstić information content (AvgIpc) is 3.48. The van der Waals surface area contributed by atoms with E-state index in [-0.39, 0.29) is 29.9 Å². The van der Waals surface area contributed by atoms with Crippen LogP contribution in [0, 0.1) is 13.8 Å². The molecule has 35 heavy (non-hydrogen) atoms. The zero-order chi connectivity index (χ0) is 24.5.